The molecule has 39 heavy (non-hydrogen) atoms. The molecule has 0 fully saturated rings. The van der Waals surface area contributed by atoms with Gasteiger partial charge in [0, 0.05) is 24.7 Å². The average Bonchev–Trinajstić information content (AvgIpc) is 2.90. The van der Waals surface area contributed by atoms with Gasteiger partial charge in [-0.1, -0.05) is 150 Å². The highest BCUT2D eigenvalue weighted by atomic mass is 28.4. The lowest BCUT2D eigenvalue weighted by Gasteiger charge is -2.47. The molecular formula is C34H48O3Si2. The van der Waals surface area contributed by atoms with Gasteiger partial charge in [0.2, 0.25) is 0 Å². The van der Waals surface area contributed by atoms with Gasteiger partial charge in [-0.05, 0) is 15.4 Å². The van der Waals surface area contributed by atoms with Crippen molar-refractivity contribution in [3.8, 4) is 0 Å². The highest BCUT2D eigenvalue weighted by Crippen LogP contribution is 2.40. The summed E-state index contributed by atoms with van der Waals surface area (Å²) >= 11 is 0. The summed E-state index contributed by atoms with van der Waals surface area (Å²) in [7, 11) is -3.13. The Labute approximate surface area is 239 Å². The standard InChI is InChI=1S/C34H48O3Si2/c1-10-30(38(8,9)27-20-14-11-15-21-27)31(35)32(36-7)34(5,6)26-37-39(33(2,3)4,28-22-16-12-17-23-28)29-24-18-13-19-25-29/h10-25,30-32,35H,1,26H2,2-9H3/t30-,31-,32+/m0/s1. The molecule has 0 amide bonds. The van der Waals surface area contributed by atoms with Crippen molar-refractivity contribution in [1.29, 1.82) is 0 Å². The van der Waals surface area contributed by atoms with Gasteiger partial charge in [-0.25, -0.2) is 0 Å². The molecule has 0 unspecified atom stereocenters. The number of rotatable bonds is 12. The molecule has 0 radical (unpaired) electrons. The van der Waals surface area contributed by atoms with Crippen molar-refractivity contribution in [2.24, 2.45) is 5.41 Å². The predicted octanol–water partition coefficient (Wildman–Crippen LogP) is 6.14. The molecule has 3 aromatic rings. The third-order valence-electron chi connectivity index (χ3n) is 8.38. The minimum atomic E-state index is -2.73. The van der Waals surface area contributed by atoms with E-state index in [1.807, 2.05) is 12.1 Å². The van der Waals surface area contributed by atoms with E-state index in [9.17, 15) is 5.11 Å². The van der Waals surface area contributed by atoms with Crippen molar-refractivity contribution in [3.63, 3.8) is 0 Å². The van der Waals surface area contributed by atoms with Crippen LogP contribution >= 0.6 is 0 Å². The lowest BCUT2D eigenvalue weighted by Crippen LogP contribution is -2.67. The topological polar surface area (TPSA) is 38.7 Å². The molecule has 0 spiro atoms. The third-order valence-corrected chi connectivity index (χ3v) is 17.4. The summed E-state index contributed by atoms with van der Waals surface area (Å²) in [6.45, 7) is 20.4. The normalized spacial score (nSPS) is 15.4. The molecule has 0 bridgehead atoms. The molecule has 0 aliphatic heterocycles. The van der Waals surface area contributed by atoms with Crippen LogP contribution in [0.4, 0.5) is 0 Å². The summed E-state index contributed by atoms with van der Waals surface area (Å²) < 4.78 is 13.4. The summed E-state index contributed by atoms with van der Waals surface area (Å²) in [5, 5.41) is 15.6. The molecule has 5 heteroatoms. The molecule has 210 valence electrons. The Morgan fingerprint density at radius 3 is 1.54 bits per heavy atom. The molecular weight excluding hydrogens is 513 g/mol. The largest absolute Gasteiger partial charge is 0.407 e. The lowest BCUT2D eigenvalue weighted by molar-refractivity contribution is -0.0897. The number of aliphatic hydroxyl groups is 1. The van der Waals surface area contributed by atoms with Crippen LogP contribution in [-0.4, -0.2) is 47.4 Å². The van der Waals surface area contributed by atoms with E-state index in [1.165, 1.54) is 15.6 Å². The van der Waals surface area contributed by atoms with Crippen molar-refractivity contribution in [2.45, 2.75) is 70.5 Å². The van der Waals surface area contributed by atoms with Crippen LogP contribution in [0.3, 0.4) is 0 Å². The summed E-state index contributed by atoms with van der Waals surface area (Å²) in [6, 6.07) is 31.9. The Kier molecular flexibility index (Phi) is 10.0. The molecule has 0 heterocycles. The highest BCUT2D eigenvalue weighted by Gasteiger charge is 2.52. The quantitative estimate of drug-likeness (QED) is 0.214. The highest BCUT2D eigenvalue weighted by molar-refractivity contribution is 6.99. The van der Waals surface area contributed by atoms with E-state index in [1.54, 1.807) is 7.11 Å². The fraction of sp³-hybridized carbons (Fsp3) is 0.412. The SMILES string of the molecule is C=C[C@@H]([C@H](O)[C@@H](OC)C(C)(C)CO[Si](c1ccccc1)(c1ccccc1)C(C)(C)C)[Si](C)(C)c1ccccc1. The Morgan fingerprint density at radius 1 is 0.769 bits per heavy atom. The number of benzene rings is 3. The molecule has 1 N–H and O–H groups in total. The van der Waals surface area contributed by atoms with E-state index in [0.717, 1.165) is 0 Å². The Hall–Kier alpha value is -2.29. The third kappa shape index (κ3) is 6.39. The summed E-state index contributed by atoms with van der Waals surface area (Å²) in [5.41, 5.74) is -0.555. The molecule has 3 atom stereocenters. The smallest absolute Gasteiger partial charge is 0.261 e. The summed E-state index contributed by atoms with van der Waals surface area (Å²) in [5.74, 6) is 0. The maximum Gasteiger partial charge on any atom is 0.261 e. The van der Waals surface area contributed by atoms with Gasteiger partial charge in [-0.15, -0.1) is 6.58 Å². The van der Waals surface area contributed by atoms with Gasteiger partial charge >= 0.3 is 0 Å². The number of hydrogen-bond acceptors (Lipinski definition) is 3. The summed E-state index contributed by atoms with van der Waals surface area (Å²) in [6.07, 6.45) is 0.788. The second-order valence-corrected chi connectivity index (χ2v) is 21.9. The molecule has 0 aromatic heterocycles. The molecule has 3 nitrogen and oxygen atoms in total. The fourth-order valence-corrected chi connectivity index (χ4v) is 14.0. The van der Waals surface area contributed by atoms with Crippen LogP contribution in [0.15, 0.2) is 104 Å². The molecule has 3 rings (SSSR count). The monoisotopic (exact) mass is 560 g/mol. The zero-order valence-corrected chi connectivity index (χ0v) is 27.1. The number of methoxy groups -OCH3 is 1. The zero-order valence-electron chi connectivity index (χ0n) is 25.1. The Bertz CT molecular complexity index is 1130. The lowest BCUT2D eigenvalue weighted by atomic mass is 9.83. The van der Waals surface area contributed by atoms with Crippen LogP contribution in [0, 0.1) is 5.41 Å². The first-order valence-corrected chi connectivity index (χ1v) is 19.0. The van der Waals surface area contributed by atoms with Crippen LogP contribution in [0.2, 0.25) is 23.7 Å². The predicted molar refractivity (Wildman–Crippen MR) is 172 cm³/mol. The van der Waals surface area contributed by atoms with Gasteiger partial charge in [0.05, 0.1) is 20.3 Å². The van der Waals surface area contributed by atoms with Crippen LogP contribution in [0.5, 0.6) is 0 Å². The minimum Gasteiger partial charge on any atom is -0.407 e. The van der Waals surface area contributed by atoms with Crippen molar-refractivity contribution < 1.29 is 14.3 Å². The first-order chi connectivity index (χ1) is 18.3. The van der Waals surface area contributed by atoms with E-state index in [4.69, 9.17) is 9.16 Å². The Morgan fingerprint density at radius 2 is 1.18 bits per heavy atom. The zero-order chi connectivity index (χ0) is 28.9. The molecule has 0 saturated carbocycles. The minimum absolute atomic E-state index is 0.0861. The summed E-state index contributed by atoms with van der Waals surface area (Å²) in [4.78, 5) is 0. The number of aliphatic hydroxyl groups excluding tert-OH is 1. The van der Waals surface area contributed by atoms with Crippen molar-refractivity contribution in [2.75, 3.05) is 13.7 Å². The second kappa shape index (κ2) is 12.5. The van der Waals surface area contributed by atoms with Gasteiger partial charge in [-0.2, -0.15) is 0 Å². The maximum atomic E-state index is 11.9. The number of hydrogen-bond donors (Lipinski definition) is 1. The van der Waals surface area contributed by atoms with E-state index >= 15 is 0 Å². The van der Waals surface area contributed by atoms with Crippen molar-refractivity contribution in [1.82, 2.24) is 0 Å². The van der Waals surface area contributed by atoms with Gasteiger partial charge in [0.1, 0.15) is 0 Å². The molecule has 0 aliphatic rings. The first-order valence-electron chi connectivity index (χ1n) is 14.0. The average molecular weight is 561 g/mol. The maximum absolute atomic E-state index is 11.9. The Balaban J connectivity index is 2.00. The molecule has 3 aromatic carbocycles. The van der Waals surface area contributed by atoms with Crippen LogP contribution in [0.1, 0.15) is 34.6 Å². The van der Waals surface area contributed by atoms with E-state index < -0.39 is 34.0 Å². The molecule has 0 aliphatic carbocycles. The van der Waals surface area contributed by atoms with Crippen LogP contribution in [-0.2, 0) is 9.16 Å². The second-order valence-electron chi connectivity index (χ2n) is 12.9. The van der Waals surface area contributed by atoms with Gasteiger partial charge < -0.3 is 14.3 Å². The van der Waals surface area contributed by atoms with Gasteiger partial charge in [0.25, 0.3) is 8.32 Å². The van der Waals surface area contributed by atoms with E-state index in [0.29, 0.717) is 6.61 Å². The van der Waals surface area contributed by atoms with Gasteiger partial charge in [0.15, 0.2) is 0 Å². The van der Waals surface area contributed by atoms with Crippen molar-refractivity contribution >= 4 is 32.0 Å². The van der Waals surface area contributed by atoms with E-state index in [2.05, 4.69) is 139 Å². The number of ether oxygens (including phenoxy) is 1. The van der Waals surface area contributed by atoms with Gasteiger partial charge in [-0.3, -0.25) is 0 Å². The molecule has 0 saturated heterocycles. The fourth-order valence-electron chi connectivity index (χ4n) is 6.17. The van der Waals surface area contributed by atoms with E-state index in [-0.39, 0.29) is 10.6 Å². The first kappa shape index (κ1) is 31.2. The van der Waals surface area contributed by atoms with Crippen molar-refractivity contribution in [3.05, 3.63) is 104 Å². The van der Waals surface area contributed by atoms with Crippen LogP contribution < -0.4 is 15.6 Å². The van der Waals surface area contributed by atoms with Crippen LogP contribution in [0.25, 0.3) is 0 Å².